The van der Waals surface area contributed by atoms with E-state index in [-0.39, 0.29) is 23.2 Å². The quantitative estimate of drug-likeness (QED) is 0.672. The monoisotopic (exact) mass is 320 g/mol. The predicted molar refractivity (Wildman–Crippen MR) is 82.6 cm³/mol. The molecule has 2 saturated heterocycles. The third-order valence-corrected chi connectivity index (χ3v) is 4.15. The standard InChI is InChI=1S/C14H16N4O5/c19-17(20)9-4-6-11(13(8-9)18(21)22)15-16-12-7-5-10-2-1-3-14(12)23-10/h4,6,8,10,14-15H,1-3,5,7H2/b16-12-/t10-,14-/m0/s1. The average molecular weight is 320 g/mol. The fourth-order valence-electron chi connectivity index (χ4n) is 2.97. The van der Waals surface area contributed by atoms with E-state index in [2.05, 4.69) is 10.5 Å². The fourth-order valence-corrected chi connectivity index (χ4v) is 2.97. The highest BCUT2D eigenvalue weighted by atomic mass is 16.6. The lowest BCUT2D eigenvalue weighted by molar-refractivity contribution is -0.393. The molecule has 122 valence electrons. The summed E-state index contributed by atoms with van der Waals surface area (Å²) in [6, 6.07) is 3.44. The molecular weight excluding hydrogens is 304 g/mol. The highest BCUT2D eigenvalue weighted by Crippen LogP contribution is 2.31. The summed E-state index contributed by atoms with van der Waals surface area (Å²) in [7, 11) is 0. The van der Waals surface area contributed by atoms with Crippen LogP contribution in [-0.2, 0) is 4.74 Å². The number of non-ortho nitro benzene ring substituents is 1. The lowest BCUT2D eigenvalue weighted by Gasteiger charge is -2.35. The third-order valence-electron chi connectivity index (χ3n) is 4.15. The number of ether oxygens (including phenoxy) is 1. The number of nitrogens with one attached hydrogen (secondary N) is 1. The Kier molecular flexibility index (Phi) is 4.20. The first-order chi connectivity index (χ1) is 11.0. The van der Waals surface area contributed by atoms with Crippen LogP contribution < -0.4 is 5.43 Å². The van der Waals surface area contributed by atoms with Crippen molar-refractivity contribution in [1.82, 2.24) is 0 Å². The van der Waals surface area contributed by atoms with Crippen molar-refractivity contribution in [2.75, 3.05) is 5.43 Å². The first kappa shape index (κ1) is 15.3. The second-order valence-corrected chi connectivity index (χ2v) is 5.65. The van der Waals surface area contributed by atoms with Gasteiger partial charge in [-0.05, 0) is 38.2 Å². The molecule has 3 rings (SSSR count). The maximum absolute atomic E-state index is 11.1. The number of nitro benzene ring substituents is 2. The first-order valence-electron chi connectivity index (χ1n) is 7.45. The van der Waals surface area contributed by atoms with E-state index in [0.717, 1.165) is 43.9 Å². The SMILES string of the molecule is O=[N+]([O-])c1ccc(N/N=C2/CC[C@@H]3CCC[C@@H]2O3)c([N+](=O)[O-])c1. The van der Waals surface area contributed by atoms with Gasteiger partial charge >= 0.3 is 5.69 Å². The largest absolute Gasteiger partial charge is 0.369 e. The summed E-state index contributed by atoms with van der Waals surface area (Å²) < 4.78 is 5.86. The molecule has 9 nitrogen and oxygen atoms in total. The van der Waals surface area contributed by atoms with Crippen molar-refractivity contribution < 1.29 is 14.6 Å². The Balaban J connectivity index is 1.81. The Bertz CT molecular complexity index is 675. The fraction of sp³-hybridized carbons (Fsp3) is 0.500. The summed E-state index contributed by atoms with van der Waals surface area (Å²) in [6.45, 7) is 0. The lowest BCUT2D eigenvalue weighted by atomic mass is 9.90. The number of hydrogen-bond acceptors (Lipinski definition) is 7. The topological polar surface area (TPSA) is 120 Å². The van der Waals surface area contributed by atoms with Crippen molar-refractivity contribution >= 4 is 22.8 Å². The van der Waals surface area contributed by atoms with Crippen LogP contribution in [0.25, 0.3) is 0 Å². The third kappa shape index (κ3) is 3.29. The maximum atomic E-state index is 11.1. The highest BCUT2D eigenvalue weighted by Gasteiger charge is 2.31. The van der Waals surface area contributed by atoms with Crippen LogP contribution in [0, 0.1) is 20.2 Å². The van der Waals surface area contributed by atoms with E-state index < -0.39 is 9.85 Å². The smallest absolute Gasteiger partial charge is 0.301 e. The molecule has 0 spiro atoms. The summed E-state index contributed by atoms with van der Waals surface area (Å²) in [5, 5.41) is 26.1. The molecule has 0 unspecified atom stereocenters. The van der Waals surface area contributed by atoms with E-state index in [1.807, 2.05) is 0 Å². The van der Waals surface area contributed by atoms with E-state index in [1.54, 1.807) is 0 Å². The van der Waals surface area contributed by atoms with E-state index >= 15 is 0 Å². The summed E-state index contributed by atoms with van der Waals surface area (Å²) in [4.78, 5) is 20.5. The van der Waals surface area contributed by atoms with E-state index in [9.17, 15) is 20.2 Å². The summed E-state index contributed by atoms with van der Waals surface area (Å²) >= 11 is 0. The Labute approximate surface area is 131 Å². The van der Waals surface area contributed by atoms with E-state index in [1.165, 1.54) is 12.1 Å². The molecule has 0 aliphatic carbocycles. The molecule has 0 radical (unpaired) electrons. The number of nitrogens with zero attached hydrogens (tertiary/aromatic N) is 3. The maximum Gasteiger partial charge on any atom is 0.301 e. The van der Waals surface area contributed by atoms with Gasteiger partial charge in [0.2, 0.25) is 0 Å². The number of benzene rings is 1. The summed E-state index contributed by atoms with van der Waals surface area (Å²) in [5.41, 5.74) is 2.95. The second-order valence-electron chi connectivity index (χ2n) is 5.65. The Morgan fingerprint density at radius 1 is 1.17 bits per heavy atom. The summed E-state index contributed by atoms with van der Waals surface area (Å²) in [6.07, 6.45) is 5.02. The molecule has 2 heterocycles. The van der Waals surface area contributed by atoms with Crippen molar-refractivity contribution in [2.24, 2.45) is 5.10 Å². The highest BCUT2D eigenvalue weighted by molar-refractivity contribution is 5.90. The van der Waals surface area contributed by atoms with Gasteiger partial charge in [0.05, 0.1) is 33.8 Å². The molecule has 1 aromatic carbocycles. The van der Waals surface area contributed by atoms with Crippen molar-refractivity contribution in [3.63, 3.8) is 0 Å². The minimum absolute atomic E-state index is 0.0351. The van der Waals surface area contributed by atoms with E-state index in [0.29, 0.717) is 6.10 Å². The van der Waals surface area contributed by atoms with Crippen molar-refractivity contribution in [2.45, 2.75) is 44.3 Å². The summed E-state index contributed by atoms with van der Waals surface area (Å²) in [5.74, 6) is 0. The second kappa shape index (κ2) is 6.29. The van der Waals surface area contributed by atoms with Gasteiger partial charge in [-0.2, -0.15) is 5.10 Å². The van der Waals surface area contributed by atoms with Crippen molar-refractivity contribution in [3.8, 4) is 0 Å². The zero-order valence-electron chi connectivity index (χ0n) is 12.3. The van der Waals surface area contributed by atoms with Gasteiger partial charge in [0, 0.05) is 6.07 Å². The van der Waals surface area contributed by atoms with Gasteiger partial charge in [0.1, 0.15) is 5.69 Å². The molecule has 0 amide bonds. The molecule has 0 saturated carbocycles. The van der Waals surface area contributed by atoms with Gasteiger partial charge in [0.25, 0.3) is 5.69 Å². The first-order valence-corrected chi connectivity index (χ1v) is 7.45. The molecule has 0 aromatic heterocycles. The lowest BCUT2D eigenvalue weighted by Crippen LogP contribution is -2.39. The minimum Gasteiger partial charge on any atom is -0.369 e. The van der Waals surface area contributed by atoms with Gasteiger partial charge in [-0.3, -0.25) is 25.7 Å². The van der Waals surface area contributed by atoms with Gasteiger partial charge in [-0.1, -0.05) is 0 Å². The van der Waals surface area contributed by atoms with Crippen LogP contribution in [0.15, 0.2) is 23.3 Å². The number of anilines is 1. The van der Waals surface area contributed by atoms with Crippen LogP contribution in [0.3, 0.4) is 0 Å². The number of nitro groups is 2. The minimum atomic E-state index is -0.667. The van der Waals surface area contributed by atoms with Crippen LogP contribution in [0.4, 0.5) is 17.1 Å². The Morgan fingerprint density at radius 2 is 2.00 bits per heavy atom. The van der Waals surface area contributed by atoms with Crippen LogP contribution in [0.1, 0.15) is 32.1 Å². The van der Waals surface area contributed by atoms with E-state index in [4.69, 9.17) is 4.74 Å². The van der Waals surface area contributed by atoms with Gasteiger partial charge < -0.3 is 4.74 Å². The van der Waals surface area contributed by atoms with Gasteiger partial charge in [0.15, 0.2) is 0 Å². The van der Waals surface area contributed by atoms with Crippen molar-refractivity contribution in [3.05, 3.63) is 38.4 Å². The molecule has 2 atom stereocenters. The van der Waals surface area contributed by atoms with Gasteiger partial charge in [-0.25, -0.2) is 0 Å². The van der Waals surface area contributed by atoms with Crippen molar-refractivity contribution in [1.29, 1.82) is 0 Å². The van der Waals surface area contributed by atoms with Crippen LogP contribution in [0.2, 0.25) is 0 Å². The molecule has 1 N–H and O–H groups in total. The molecule has 2 aliphatic heterocycles. The number of rotatable bonds is 4. The Hall–Kier alpha value is -2.55. The van der Waals surface area contributed by atoms with Crippen LogP contribution in [0.5, 0.6) is 0 Å². The molecule has 23 heavy (non-hydrogen) atoms. The zero-order chi connectivity index (χ0) is 16.4. The molecule has 2 fully saturated rings. The molecule has 1 aromatic rings. The number of hydrogen-bond donors (Lipinski definition) is 1. The number of hydrazone groups is 1. The van der Waals surface area contributed by atoms with Crippen LogP contribution >= 0.6 is 0 Å². The molecule has 2 bridgehead atoms. The molecule has 2 aliphatic rings. The predicted octanol–water partition coefficient (Wildman–Crippen LogP) is 3.00. The molecular formula is C14H16N4O5. The number of fused-ring (bicyclic) bond motifs is 2. The zero-order valence-corrected chi connectivity index (χ0v) is 12.3. The average Bonchev–Trinajstić information content (AvgIpc) is 2.54. The Morgan fingerprint density at radius 3 is 2.74 bits per heavy atom. The van der Waals surface area contributed by atoms with Gasteiger partial charge in [-0.15, -0.1) is 0 Å². The van der Waals surface area contributed by atoms with Crippen LogP contribution in [-0.4, -0.2) is 27.8 Å². The normalized spacial score (nSPS) is 25.1. The molecule has 9 heteroatoms.